The lowest BCUT2D eigenvalue weighted by molar-refractivity contribution is 0.225. The smallest absolute Gasteiger partial charge is 0.319 e. The fourth-order valence-corrected chi connectivity index (χ4v) is 1.01. The number of rotatable bonds is 4. The monoisotopic (exact) mass is 498 g/mol. The SMILES string of the molecule is CC.CCC.CCOc1nc(C)cc(OC(C)C)n1.OP(O)(O)=S.OP(O)(O)=S. The highest BCUT2D eigenvalue weighted by atomic mass is 32.5. The van der Waals surface area contributed by atoms with Crippen LogP contribution in [0.1, 0.15) is 60.6 Å². The van der Waals surface area contributed by atoms with Crippen LogP contribution < -0.4 is 9.47 Å². The van der Waals surface area contributed by atoms with E-state index in [1.165, 1.54) is 6.42 Å². The molecular formula is C15H36N2O8P2S2. The molecule has 0 bridgehead atoms. The van der Waals surface area contributed by atoms with Crippen molar-refractivity contribution in [3.05, 3.63) is 11.8 Å². The number of nitrogens with zero attached hydrogens (tertiary/aromatic N) is 2. The molecule has 0 atom stereocenters. The largest absolute Gasteiger partial charge is 0.475 e. The predicted octanol–water partition coefficient (Wildman–Crippen LogP) is 2.79. The van der Waals surface area contributed by atoms with E-state index in [0.717, 1.165) is 5.69 Å². The summed E-state index contributed by atoms with van der Waals surface area (Å²) < 4.78 is 10.7. The minimum atomic E-state index is -3.81. The van der Waals surface area contributed by atoms with Crippen molar-refractivity contribution in [1.82, 2.24) is 9.97 Å². The maximum atomic E-state index is 7.56. The van der Waals surface area contributed by atoms with Crippen LogP contribution in [-0.2, 0) is 23.6 Å². The molecule has 6 N–H and O–H groups in total. The van der Waals surface area contributed by atoms with Crippen molar-refractivity contribution in [2.75, 3.05) is 6.61 Å². The van der Waals surface area contributed by atoms with Crippen molar-refractivity contribution >= 4 is 37.1 Å². The van der Waals surface area contributed by atoms with Gasteiger partial charge in [0.05, 0.1) is 12.7 Å². The Morgan fingerprint density at radius 1 is 0.931 bits per heavy atom. The minimum Gasteiger partial charge on any atom is -0.475 e. The zero-order valence-corrected chi connectivity index (χ0v) is 21.6. The summed E-state index contributed by atoms with van der Waals surface area (Å²) in [6.45, 7) is 8.90. The molecule has 29 heavy (non-hydrogen) atoms. The zero-order valence-electron chi connectivity index (χ0n) is 18.2. The third-order valence-electron chi connectivity index (χ3n) is 1.44. The third kappa shape index (κ3) is 52.3. The summed E-state index contributed by atoms with van der Waals surface area (Å²) in [5.74, 6) is 0.566. The molecule has 14 heteroatoms. The van der Waals surface area contributed by atoms with Crippen LogP contribution in [0.5, 0.6) is 11.9 Å². The summed E-state index contributed by atoms with van der Waals surface area (Å²) in [5, 5.41) is 0. The first-order chi connectivity index (χ1) is 13.0. The normalized spacial score (nSPS) is 9.90. The number of hydrogen-bond donors (Lipinski definition) is 6. The molecule has 0 radical (unpaired) electrons. The first-order valence-corrected chi connectivity index (χ1v) is 14.1. The van der Waals surface area contributed by atoms with Gasteiger partial charge in [-0.3, -0.25) is 0 Å². The molecule has 10 nitrogen and oxygen atoms in total. The van der Waals surface area contributed by atoms with E-state index in [0.29, 0.717) is 18.5 Å². The van der Waals surface area contributed by atoms with Gasteiger partial charge in [0.2, 0.25) is 5.88 Å². The summed E-state index contributed by atoms with van der Waals surface area (Å²) in [6, 6.07) is 2.17. The molecule has 1 aromatic rings. The maximum Gasteiger partial charge on any atom is 0.319 e. The standard InChI is InChI=1S/C10H16N2O2.C3H8.C2H6.2H3O3PS/c1-5-13-10-11-8(4)6-9(12-10)14-7(2)3;1-3-2;1-2;2*1-4(2,3)5/h6-7H,5H2,1-4H3;3H2,1-2H3;1-2H3;2*(H3,1,2,3,5). The fraction of sp³-hybridized carbons (Fsp3) is 0.733. The van der Waals surface area contributed by atoms with Crippen LogP contribution in [0.2, 0.25) is 0 Å². The van der Waals surface area contributed by atoms with Gasteiger partial charge in [-0.25, -0.2) is 4.98 Å². The highest BCUT2D eigenvalue weighted by Gasteiger charge is 2.04. The Morgan fingerprint density at radius 2 is 1.28 bits per heavy atom. The zero-order chi connectivity index (χ0) is 24.3. The Morgan fingerprint density at radius 3 is 1.55 bits per heavy atom. The van der Waals surface area contributed by atoms with Crippen LogP contribution in [0.3, 0.4) is 0 Å². The van der Waals surface area contributed by atoms with E-state index in [2.05, 4.69) is 47.4 Å². The average Bonchev–Trinajstić information content (AvgIpc) is 2.45. The van der Waals surface area contributed by atoms with Crippen molar-refractivity contribution < 1.29 is 38.8 Å². The van der Waals surface area contributed by atoms with E-state index in [4.69, 9.17) is 38.8 Å². The lowest BCUT2D eigenvalue weighted by Gasteiger charge is -2.10. The van der Waals surface area contributed by atoms with Crippen molar-refractivity contribution in [3.63, 3.8) is 0 Å². The van der Waals surface area contributed by atoms with Crippen LogP contribution in [0.25, 0.3) is 0 Å². The second kappa shape index (κ2) is 21.0. The van der Waals surface area contributed by atoms with Gasteiger partial charge in [-0.05, 0) is 51.3 Å². The van der Waals surface area contributed by atoms with Gasteiger partial charge in [0, 0.05) is 11.8 Å². The van der Waals surface area contributed by atoms with Crippen LogP contribution in [0, 0.1) is 6.92 Å². The Bertz CT molecular complexity index is 561. The molecule has 1 aromatic heterocycles. The highest BCUT2D eigenvalue weighted by molar-refractivity contribution is 8.06. The summed E-state index contributed by atoms with van der Waals surface area (Å²) >= 11 is 7.21. The van der Waals surface area contributed by atoms with Gasteiger partial charge in [-0.15, -0.1) is 0 Å². The molecule has 0 amide bonds. The minimum absolute atomic E-state index is 0.110. The van der Waals surface area contributed by atoms with Crippen molar-refractivity contribution in [2.24, 2.45) is 0 Å². The van der Waals surface area contributed by atoms with Crippen LogP contribution >= 0.6 is 13.4 Å². The first-order valence-electron chi connectivity index (χ1n) is 8.75. The Balaban J connectivity index is -0.000000173. The van der Waals surface area contributed by atoms with Gasteiger partial charge < -0.3 is 38.8 Å². The van der Waals surface area contributed by atoms with Gasteiger partial charge in [-0.2, -0.15) is 4.98 Å². The molecule has 0 fully saturated rings. The Labute approximate surface area is 184 Å². The predicted molar refractivity (Wildman–Crippen MR) is 123 cm³/mol. The van der Waals surface area contributed by atoms with Gasteiger partial charge in [0.25, 0.3) is 0 Å². The average molecular weight is 499 g/mol. The second-order valence-electron chi connectivity index (χ2n) is 4.96. The summed E-state index contributed by atoms with van der Waals surface area (Å²) in [7, 11) is 0. The quantitative estimate of drug-likeness (QED) is 0.337. The van der Waals surface area contributed by atoms with Gasteiger partial charge in [0.1, 0.15) is 0 Å². The van der Waals surface area contributed by atoms with Crippen LogP contribution in [-0.4, -0.2) is 52.0 Å². The van der Waals surface area contributed by atoms with E-state index in [1.54, 1.807) is 6.07 Å². The number of ether oxygens (including phenoxy) is 2. The molecule has 0 spiro atoms. The number of aryl methyl sites for hydroxylation is 1. The van der Waals surface area contributed by atoms with E-state index in [-0.39, 0.29) is 6.10 Å². The molecular weight excluding hydrogens is 462 g/mol. The summed E-state index contributed by atoms with van der Waals surface area (Å²) in [6.07, 6.45) is 1.36. The first kappa shape index (κ1) is 36.1. The summed E-state index contributed by atoms with van der Waals surface area (Å²) in [4.78, 5) is 53.6. The fourth-order valence-electron chi connectivity index (χ4n) is 1.01. The summed E-state index contributed by atoms with van der Waals surface area (Å²) in [5.41, 5.74) is 0.846. The lowest BCUT2D eigenvalue weighted by Crippen LogP contribution is -2.08. The van der Waals surface area contributed by atoms with E-state index in [1.807, 2.05) is 41.5 Å². The van der Waals surface area contributed by atoms with Crippen LogP contribution in [0.4, 0.5) is 0 Å². The molecule has 0 saturated heterocycles. The number of aromatic nitrogens is 2. The molecule has 0 aliphatic carbocycles. The molecule has 176 valence electrons. The van der Waals surface area contributed by atoms with Crippen molar-refractivity contribution in [2.45, 2.75) is 67.9 Å². The van der Waals surface area contributed by atoms with Gasteiger partial charge in [0.15, 0.2) is 0 Å². The topological polar surface area (TPSA) is 166 Å². The van der Waals surface area contributed by atoms with Crippen molar-refractivity contribution in [1.29, 1.82) is 0 Å². The van der Waals surface area contributed by atoms with E-state index in [9.17, 15) is 0 Å². The Kier molecular flexibility index (Phi) is 26.2. The molecule has 0 saturated carbocycles. The molecule has 0 aromatic carbocycles. The van der Waals surface area contributed by atoms with Gasteiger partial charge in [-0.1, -0.05) is 34.1 Å². The number of hydrogen-bond acceptors (Lipinski definition) is 6. The highest BCUT2D eigenvalue weighted by Crippen LogP contribution is 2.27. The third-order valence-corrected chi connectivity index (χ3v) is 1.44. The molecule has 0 unspecified atom stereocenters. The molecule has 0 aliphatic rings. The molecule has 0 aliphatic heterocycles. The molecule has 1 heterocycles. The van der Waals surface area contributed by atoms with Crippen LogP contribution in [0.15, 0.2) is 6.07 Å². The second-order valence-corrected chi connectivity index (χ2v) is 9.96. The van der Waals surface area contributed by atoms with E-state index >= 15 is 0 Å². The van der Waals surface area contributed by atoms with E-state index < -0.39 is 13.4 Å². The van der Waals surface area contributed by atoms with Gasteiger partial charge >= 0.3 is 19.4 Å². The van der Waals surface area contributed by atoms with Crippen molar-refractivity contribution in [3.8, 4) is 11.9 Å². The maximum absolute atomic E-state index is 7.56. The Hall–Kier alpha value is -0.260. The molecule has 1 rings (SSSR count). The lowest BCUT2D eigenvalue weighted by atomic mass is 10.4.